The summed E-state index contributed by atoms with van der Waals surface area (Å²) >= 11 is -2.28. The molecule has 1 fully saturated rings. The lowest BCUT2D eigenvalue weighted by Crippen LogP contribution is -2.43. The number of piperazine rings is 1. The van der Waals surface area contributed by atoms with Crippen molar-refractivity contribution in [3.8, 4) is 5.75 Å². The maximum Gasteiger partial charge on any atom is 0.421 e. The van der Waals surface area contributed by atoms with Gasteiger partial charge in [0.15, 0.2) is 0 Å². The second-order valence-electron chi connectivity index (χ2n) is 8.05. The number of nitrogens with zero attached hydrogens (tertiary/aromatic N) is 3. The Kier molecular flexibility index (Phi) is 8.43. The normalized spacial score (nSPS) is 14.8. The average Bonchev–Trinajstić information content (AvgIpc) is 2.88. The number of methoxy groups -OCH3 is 1. The standard InChI is InChI=1S/C23H26F3N7O3S/c1-36-20-12-16(33-10-8-27-9-11-33)6-7-19(20)31-22-28-14-17(23(24,25)26)21(32-22)30-18-5-3-2-4-15(18)13-29-37(34)35/h2-7,12,14,27,29H,8-11,13H2,1H3,(H,34,35)(H2,28,30,31,32). The van der Waals surface area contributed by atoms with Gasteiger partial charge in [0.2, 0.25) is 17.2 Å². The molecular weight excluding hydrogens is 511 g/mol. The van der Waals surface area contributed by atoms with Crippen LogP contribution in [-0.4, -0.2) is 52.0 Å². The van der Waals surface area contributed by atoms with Gasteiger partial charge in [-0.2, -0.15) is 18.2 Å². The number of alkyl halides is 3. The summed E-state index contributed by atoms with van der Waals surface area (Å²) < 4.78 is 69.1. The highest BCUT2D eigenvalue weighted by Crippen LogP contribution is 2.37. The smallest absolute Gasteiger partial charge is 0.421 e. The minimum Gasteiger partial charge on any atom is -0.494 e. The SMILES string of the molecule is COc1cc(N2CCNCC2)ccc1Nc1ncc(C(F)(F)F)c(Nc2ccccc2CNS(=O)O)n1. The van der Waals surface area contributed by atoms with Crippen LogP contribution < -0.4 is 30.3 Å². The van der Waals surface area contributed by atoms with Crippen molar-refractivity contribution in [2.45, 2.75) is 12.7 Å². The van der Waals surface area contributed by atoms with Gasteiger partial charge in [0.25, 0.3) is 0 Å². The zero-order chi connectivity index (χ0) is 26.4. The molecule has 1 aromatic heterocycles. The molecule has 3 aromatic rings. The van der Waals surface area contributed by atoms with E-state index in [1.807, 2.05) is 12.1 Å². The Labute approximate surface area is 214 Å². The molecule has 14 heteroatoms. The fraction of sp³-hybridized carbons (Fsp3) is 0.304. The Bertz CT molecular complexity index is 1260. The minimum absolute atomic E-state index is 0.0551. The molecule has 10 nitrogen and oxygen atoms in total. The predicted molar refractivity (Wildman–Crippen MR) is 136 cm³/mol. The van der Waals surface area contributed by atoms with Crippen molar-refractivity contribution in [3.63, 3.8) is 0 Å². The third-order valence-electron chi connectivity index (χ3n) is 5.66. The number of ether oxygens (including phenoxy) is 1. The largest absolute Gasteiger partial charge is 0.494 e. The predicted octanol–water partition coefficient (Wildman–Crippen LogP) is 3.63. The number of para-hydroxylation sites is 1. The van der Waals surface area contributed by atoms with Gasteiger partial charge in [0.05, 0.1) is 12.8 Å². The molecule has 2 heterocycles. The summed E-state index contributed by atoms with van der Waals surface area (Å²) in [6.07, 6.45) is -4.02. The number of aromatic nitrogens is 2. The molecule has 5 N–H and O–H groups in total. The van der Waals surface area contributed by atoms with Crippen molar-refractivity contribution < 1.29 is 26.7 Å². The highest BCUT2D eigenvalue weighted by Gasteiger charge is 2.35. The molecule has 1 atom stereocenters. The Morgan fingerprint density at radius 1 is 1.14 bits per heavy atom. The Morgan fingerprint density at radius 2 is 1.89 bits per heavy atom. The molecule has 37 heavy (non-hydrogen) atoms. The van der Waals surface area contributed by atoms with Crippen molar-refractivity contribution in [2.24, 2.45) is 0 Å². The molecule has 0 saturated carbocycles. The summed E-state index contributed by atoms with van der Waals surface area (Å²) in [7, 11) is 1.51. The highest BCUT2D eigenvalue weighted by atomic mass is 32.2. The molecule has 1 aliphatic rings. The minimum atomic E-state index is -4.72. The summed E-state index contributed by atoms with van der Waals surface area (Å²) in [5.74, 6) is -0.0581. The lowest BCUT2D eigenvalue weighted by molar-refractivity contribution is -0.137. The topological polar surface area (TPSA) is 124 Å². The van der Waals surface area contributed by atoms with Gasteiger partial charge in [-0.05, 0) is 23.8 Å². The first-order valence-corrected chi connectivity index (χ1v) is 12.4. The number of nitrogens with one attached hydrogen (secondary N) is 4. The molecule has 0 spiro atoms. The highest BCUT2D eigenvalue weighted by molar-refractivity contribution is 7.77. The van der Waals surface area contributed by atoms with Crippen LogP contribution in [0.15, 0.2) is 48.7 Å². The summed E-state index contributed by atoms with van der Waals surface area (Å²) in [6.45, 7) is 3.37. The molecule has 198 valence electrons. The van der Waals surface area contributed by atoms with Crippen LogP contribution >= 0.6 is 0 Å². The van der Waals surface area contributed by atoms with Gasteiger partial charge in [-0.25, -0.2) is 13.9 Å². The van der Waals surface area contributed by atoms with Gasteiger partial charge in [-0.1, -0.05) is 18.2 Å². The van der Waals surface area contributed by atoms with Gasteiger partial charge < -0.3 is 25.6 Å². The van der Waals surface area contributed by atoms with Gasteiger partial charge in [-0.3, -0.25) is 4.55 Å². The van der Waals surface area contributed by atoms with E-state index in [9.17, 15) is 17.4 Å². The Balaban J connectivity index is 1.62. The summed E-state index contributed by atoms with van der Waals surface area (Å²) in [4.78, 5) is 10.2. The fourth-order valence-corrected chi connectivity index (χ4v) is 4.11. The van der Waals surface area contributed by atoms with Gasteiger partial charge in [0.1, 0.15) is 17.1 Å². The van der Waals surface area contributed by atoms with E-state index in [4.69, 9.17) is 9.29 Å². The first kappa shape index (κ1) is 26.6. The van der Waals surface area contributed by atoms with E-state index in [1.54, 1.807) is 30.3 Å². The molecule has 0 aliphatic carbocycles. The second-order valence-corrected chi connectivity index (χ2v) is 8.84. The Hall–Kier alpha value is -3.46. The van der Waals surface area contributed by atoms with E-state index in [2.05, 4.69) is 35.5 Å². The lowest BCUT2D eigenvalue weighted by atomic mass is 10.1. The molecule has 2 aromatic carbocycles. The third-order valence-corrected chi connectivity index (χ3v) is 6.06. The number of benzene rings is 2. The zero-order valence-corrected chi connectivity index (χ0v) is 20.6. The van der Waals surface area contributed by atoms with E-state index in [0.29, 0.717) is 23.2 Å². The van der Waals surface area contributed by atoms with Crippen LogP contribution in [0.2, 0.25) is 0 Å². The summed E-state index contributed by atoms with van der Waals surface area (Å²) in [6, 6.07) is 12.0. The third kappa shape index (κ3) is 6.85. The molecule has 4 rings (SSSR count). The Morgan fingerprint density at radius 3 is 2.59 bits per heavy atom. The van der Waals surface area contributed by atoms with Gasteiger partial charge in [0, 0.05) is 56.4 Å². The van der Waals surface area contributed by atoms with Crippen molar-refractivity contribution in [1.29, 1.82) is 0 Å². The number of hydrogen-bond acceptors (Lipinski definition) is 8. The van der Waals surface area contributed by atoms with E-state index in [-0.39, 0.29) is 18.2 Å². The monoisotopic (exact) mass is 537 g/mol. The van der Waals surface area contributed by atoms with E-state index >= 15 is 0 Å². The van der Waals surface area contributed by atoms with Crippen LogP contribution in [0.4, 0.5) is 42.0 Å². The summed E-state index contributed by atoms with van der Waals surface area (Å²) in [5, 5.41) is 8.94. The zero-order valence-electron chi connectivity index (χ0n) is 19.8. The molecule has 0 amide bonds. The molecule has 1 aliphatic heterocycles. The number of anilines is 5. The first-order chi connectivity index (χ1) is 17.7. The van der Waals surface area contributed by atoms with Crippen molar-refractivity contribution in [3.05, 3.63) is 59.8 Å². The summed E-state index contributed by atoms with van der Waals surface area (Å²) in [5.41, 5.74) is 1.15. The van der Waals surface area contributed by atoms with Crippen LogP contribution in [-0.2, 0) is 24.0 Å². The van der Waals surface area contributed by atoms with Crippen molar-refractivity contribution in [2.75, 3.05) is 48.8 Å². The number of hydrogen-bond donors (Lipinski definition) is 5. The van der Waals surface area contributed by atoms with Crippen LogP contribution in [0.3, 0.4) is 0 Å². The fourth-order valence-electron chi connectivity index (χ4n) is 3.83. The first-order valence-electron chi connectivity index (χ1n) is 11.3. The van der Waals surface area contributed by atoms with Gasteiger partial charge in [-0.15, -0.1) is 0 Å². The van der Waals surface area contributed by atoms with E-state index in [1.165, 1.54) is 7.11 Å². The van der Waals surface area contributed by atoms with Crippen LogP contribution in [0.5, 0.6) is 5.75 Å². The van der Waals surface area contributed by atoms with Crippen LogP contribution in [0.25, 0.3) is 0 Å². The van der Waals surface area contributed by atoms with E-state index < -0.39 is 28.8 Å². The number of rotatable bonds is 9. The maximum absolute atomic E-state index is 13.7. The van der Waals surface area contributed by atoms with Gasteiger partial charge >= 0.3 is 6.18 Å². The maximum atomic E-state index is 13.7. The van der Waals surface area contributed by atoms with Crippen molar-refractivity contribution >= 4 is 40.1 Å². The van der Waals surface area contributed by atoms with Crippen molar-refractivity contribution in [1.82, 2.24) is 20.0 Å². The van der Waals surface area contributed by atoms with E-state index in [0.717, 1.165) is 31.9 Å². The average molecular weight is 538 g/mol. The quantitative estimate of drug-likeness (QED) is 0.260. The second kappa shape index (κ2) is 11.7. The molecular formula is C23H26F3N7O3S. The number of halogens is 3. The molecule has 0 bridgehead atoms. The molecule has 0 radical (unpaired) electrons. The van der Waals surface area contributed by atoms with Crippen LogP contribution in [0.1, 0.15) is 11.1 Å². The van der Waals surface area contributed by atoms with Crippen LogP contribution in [0, 0.1) is 0 Å². The molecule has 1 saturated heterocycles. The molecule has 1 unspecified atom stereocenters. The lowest BCUT2D eigenvalue weighted by Gasteiger charge is -2.30.